The van der Waals surface area contributed by atoms with Gasteiger partial charge in [0.15, 0.2) is 0 Å². The van der Waals surface area contributed by atoms with Crippen LogP contribution in [-0.4, -0.2) is 17.9 Å². The Balaban J connectivity index is 2.28. The Labute approximate surface area is 124 Å². The molecule has 4 heteroatoms. The Morgan fingerprint density at radius 1 is 1.15 bits per heavy atom. The van der Waals surface area contributed by atoms with E-state index in [0.717, 1.165) is 5.56 Å². The summed E-state index contributed by atoms with van der Waals surface area (Å²) in [4.78, 5) is 14.1. The lowest BCUT2D eigenvalue weighted by atomic mass is 10.1. The second-order valence-electron chi connectivity index (χ2n) is 4.70. The largest absolute Gasteiger partial charge is 0.398 e. The fourth-order valence-electron chi connectivity index (χ4n) is 2.08. The molecule has 0 radical (unpaired) electrons. The van der Waals surface area contributed by atoms with Crippen LogP contribution in [-0.2, 0) is 0 Å². The van der Waals surface area contributed by atoms with Gasteiger partial charge < -0.3 is 10.6 Å². The van der Waals surface area contributed by atoms with E-state index in [9.17, 15) is 4.79 Å². The number of halogens is 1. The first kappa shape index (κ1) is 14.4. The van der Waals surface area contributed by atoms with Crippen molar-refractivity contribution >= 4 is 23.2 Å². The number of carbonyl (C=O) groups excluding carboxylic acids is 1. The maximum atomic E-state index is 12.5. The zero-order chi connectivity index (χ0) is 14.7. The lowest BCUT2D eigenvalue weighted by molar-refractivity contribution is 0.0744. The number of carbonyl (C=O) groups is 1. The Hall–Kier alpha value is -2.00. The molecule has 0 aromatic heterocycles. The second-order valence-corrected chi connectivity index (χ2v) is 5.11. The molecule has 1 atom stereocenters. The molecule has 0 saturated heterocycles. The van der Waals surface area contributed by atoms with Crippen molar-refractivity contribution in [3.05, 3.63) is 64.7 Å². The van der Waals surface area contributed by atoms with Crippen LogP contribution in [0.15, 0.2) is 48.5 Å². The molecule has 2 aromatic rings. The summed E-state index contributed by atoms with van der Waals surface area (Å²) in [6.07, 6.45) is 0. The first-order valence-electron chi connectivity index (χ1n) is 6.38. The topological polar surface area (TPSA) is 46.3 Å². The lowest BCUT2D eigenvalue weighted by Crippen LogP contribution is -2.30. The molecule has 1 unspecified atom stereocenters. The van der Waals surface area contributed by atoms with E-state index in [1.54, 1.807) is 30.1 Å². The number of rotatable bonds is 3. The van der Waals surface area contributed by atoms with Crippen molar-refractivity contribution in [2.75, 3.05) is 12.8 Å². The molecule has 2 rings (SSSR count). The van der Waals surface area contributed by atoms with Crippen LogP contribution in [0, 0.1) is 0 Å². The van der Waals surface area contributed by atoms with E-state index in [0.29, 0.717) is 16.3 Å². The molecule has 20 heavy (non-hydrogen) atoms. The average molecular weight is 289 g/mol. The zero-order valence-electron chi connectivity index (χ0n) is 11.5. The second kappa shape index (κ2) is 5.97. The number of nitrogens with zero attached hydrogens (tertiary/aromatic N) is 1. The minimum atomic E-state index is -0.129. The van der Waals surface area contributed by atoms with Gasteiger partial charge in [0.05, 0.1) is 11.6 Å². The van der Waals surface area contributed by atoms with Gasteiger partial charge in [-0.3, -0.25) is 4.79 Å². The average Bonchev–Trinajstić information content (AvgIpc) is 2.46. The molecule has 0 aliphatic rings. The van der Waals surface area contributed by atoms with Gasteiger partial charge in [-0.15, -0.1) is 0 Å². The Kier molecular flexibility index (Phi) is 4.30. The predicted octanol–water partition coefficient (Wildman–Crippen LogP) is 3.76. The maximum absolute atomic E-state index is 12.5. The molecule has 0 heterocycles. The zero-order valence-corrected chi connectivity index (χ0v) is 12.3. The highest BCUT2D eigenvalue weighted by atomic mass is 35.5. The summed E-state index contributed by atoms with van der Waals surface area (Å²) in [6, 6.07) is 14.5. The molecule has 0 fully saturated rings. The Bertz CT molecular complexity index is 627. The number of para-hydroxylation sites is 1. The molecule has 0 aliphatic heterocycles. The van der Waals surface area contributed by atoms with E-state index in [2.05, 4.69) is 0 Å². The number of amides is 1. The molecular weight excluding hydrogens is 272 g/mol. The highest BCUT2D eigenvalue weighted by Gasteiger charge is 2.21. The number of hydrogen-bond donors (Lipinski definition) is 1. The van der Waals surface area contributed by atoms with E-state index in [1.165, 1.54) is 0 Å². The number of hydrogen-bond acceptors (Lipinski definition) is 2. The summed E-state index contributed by atoms with van der Waals surface area (Å²) in [5.74, 6) is -0.115. The highest BCUT2D eigenvalue weighted by molar-refractivity contribution is 6.31. The van der Waals surface area contributed by atoms with E-state index < -0.39 is 0 Å². The number of benzene rings is 2. The van der Waals surface area contributed by atoms with Crippen LogP contribution < -0.4 is 5.73 Å². The van der Waals surface area contributed by atoms with Gasteiger partial charge in [-0.05, 0) is 30.7 Å². The first-order chi connectivity index (χ1) is 9.52. The molecule has 2 aromatic carbocycles. The van der Waals surface area contributed by atoms with E-state index in [4.69, 9.17) is 17.3 Å². The van der Waals surface area contributed by atoms with Crippen LogP contribution in [0.5, 0.6) is 0 Å². The van der Waals surface area contributed by atoms with E-state index >= 15 is 0 Å². The van der Waals surface area contributed by atoms with E-state index in [1.807, 2.05) is 37.3 Å². The minimum absolute atomic E-state index is 0.115. The molecule has 104 valence electrons. The van der Waals surface area contributed by atoms with Crippen molar-refractivity contribution in [2.24, 2.45) is 0 Å². The quantitative estimate of drug-likeness (QED) is 0.874. The molecular formula is C16H17ClN2O. The van der Waals surface area contributed by atoms with Gasteiger partial charge in [0, 0.05) is 17.8 Å². The summed E-state index contributed by atoms with van der Waals surface area (Å²) >= 11 is 6.18. The number of anilines is 1. The smallest absolute Gasteiger partial charge is 0.256 e. The number of nitrogen functional groups attached to an aromatic ring is 1. The third kappa shape index (κ3) is 2.78. The van der Waals surface area contributed by atoms with Crippen LogP contribution in [0.25, 0.3) is 0 Å². The van der Waals surface area contributed by atoms with Crippen molar-refractivity contribution in [1.82, 2.24) is 4.90 Å². The highest BCUT2D eigenvalue weighted by Crippen LogP contribution is 2.27. The van der Waals surface area contributed by atoms with Gasteiger partial charge in [-0.2, -0.15) is 0 Å². The van der Waals surface area contributed by atoms with Crippen LogP contribution in [0.1, 0.15) is 28.9 Å². The maximum Gasteiger partial charge on any atom is 0.256 e. The van der Waals surface area contributed by atoms with Gasteiger partial charge in [-0.1, -0.05) is 41.9 Å². The van der Waals surface area contributed by atoms with Gasteiger partial charge in [0.25, 0.3) is 5.91 Å². The molecule has 1 amide bonds. The molecule has 2 N–H and O–H groups in total. The number of nitrogens with two attached hydrogens (primary N) is 1. The SMILES string of the molecule is CC(c1ccccc1Cl)N(C)C(=O)c1ccccc1N. The Morgan fingerprint density at radius 2 is 1.75 bits per heavy atom. The van der Waals surface area contributed by atoms with Crippen LogP contribution in [0.3, 0.4) is 0 Å². The third-order valence-electron chi connectivity index (χ3n) is 3.45. The Morgan fingerprint density at radius 3 is 2.40 bits per heavy atom. The van der Waals surface area contributed by atoms with Crippen molar-refractivity contribution in [3.63, 3.8) is 0 Å². The van der Waals surface area contributed by atoms with Crippen molar-refractivity contribution < 1.29 is 4.79 Å². The predicted molar refractivity (Wildman–Crippen MR) is 82.8 cm³/mol. The van der Waals surface area contributed by atoms with Crippen molar-refractivity contribution in [2.45, 2.75) is 13.0 Å². The molecule has 0 aliphatic carbocycles. The van der Waals surface area contributed by atoms with E-state index in [-0.39, 0.29) is 11.9 Å². The molecule has 0 spiro atoms. The van der Waals surface area contributed by atoms with Crippen molar-refractivity contribution in [3.8, 4) is 0 Å². The summed E-state index contributed by atoms with van der Waals surface area (Å²) in [6.45, 7) is 1.94. The third-order valence-corrected chi connectivity index (χ3v) is 3.79. The van der Waals surface area contributed by atoms with Crippen LogP contribution >= 0.6 is 11.6 Å². The van der Waals surface area contributed by atoms with Gasteiger partial charge in [0.1, 0.15) is 0 Å². The fourth-order valence-corrected chi connectivity index (χ4v) is 2.37. The standard InChI is InChI=1S/C16H17ClN2O/c1-11(12-7-3-5-9-14(12)17)19(2)16(20)13-8-4-6-10-15(13)18/h3-11H,18H2,1-2H3. The molecule has 0 saturated carbocycles. The summed E-state index contributed by atoms with van der Waals surface area (Å²) < 4.78 is 0. The monoisotopic (exact) mass is 288 g/mol. The molecule has 3 nitrogen and oxygen atoms in total. The minimum Gasteiger partial charge on any atom is -0.398 e. The van der Waals surface area contributed by atoms with Crippen LogP contribution in [0.2, 0.25) is 5.02 Å². The lowest BCUT2D eigenvalue weighted by Gasteiger charge is -2.26. The van der Waals surface area contributed by atoms with Gasteiger partial charge in [-0.25, -0.2) is 0 Å². The van der Waals surface area contributed by atoms with Crippen LogP contribution in [0.4, 0.5) is 5.69 Å². The van der Waals surface area contributed by atoms with Crippen molar-refractivity contribution in [1.29, 1.82) is 0 Å². The van der Waals surface area contributed by atoms with Gasteiger partial charge >= 0.3 is 0 Å². The normalized spacial score (nSPS) is 11.9. The first-order valence-corrected chi connectivity index (χ1v) is 6.76. The summed E-state index contributed by atoms with van der Waals surface area (Å²) in [5, 5.41) is 0.653. The van der Waals surface area contributed by atoms with Gasteiger partial charge in [0.2, 0.25) is 0 Å². The molecule has 0 bridgehead atoms. The summed E-state index contributed by atoms with van der Waals surface area (Å²) in [5.41, 5.74) is 7.76. The fraction of sp³-hybridized carbons (Fsp3) is 0.188. The summed E-state index contributed by atoms with van der Waals surface area (Å²) in [7, 11) is 1.75.